The van der Waals surface area contributed by atoms with Crippen molar-refractivity contribution in [3.05, 3.63) is 45.7 Å². The van der Waals surface area contributed by atoms with E-state index >= 15 is 0 Å². The Hall–Kier alpha value is -2.97. The van der Waals surface area contributed by atoms with Crippen LogP contribution in [-0.2, 0) is 0 Å². The van der Waals surface area contributed by atoms with Crippen molar-refractivity contribution in [3.8, 4) is 22.9 Å². The van der Waals surface area contributed by atoms with Crippen LogP contribution in [-0.4, -0.2) is 30.9 Å². The quantitative estimate of drug-likeness (QED) is 0.520. The van der Waals surface area contributed by atoms with E-state index in [1.165, 1.54) is 25.9 Å². The Bertz CT molecular complexity index is 1040. The van der Waals surface area contributed by atoms with Crippen LogP contribution in [0.15, 0.2) is 35.1 Å². The number of rotatable bonds is 5. The summed E-state index contributed by atoms with van der Waals surface area (Å²) < 4.78 is 17.2. The number of ether oxygens (including phenoxy) is 3. The molecule has 0 radical (unpaired) electrons. The SMILES string of the molecule is COc1cc2nc(NN)n(-c3cc(Cl)ccc3OC)c(=O)c2cc1OC. The average Bonchev–Trinajstić information content (AvgIpc) is 2.66. The molecule has 9 heteroatoms. The van der Waals surface area contributed by atoms with Gasteiger partial charge in [-0.25, -0.2) is 15.4 Å². The summed E-state index contributed by atoms with van der Waals surface area (Å²) in [5.74, 6) is 7.03. The first-order valence-corrected chi connectivity index (χ1v) is 7.91. The van der Waals surface area contributed by atoms with Crippen LogP contribution in [0.25, 0.3) is 16.6 Å². The molecule has 3 N–H and O–H groups in total. The van der Waals surface area contributed by atoms with Crippen LogP contribution in [0.4, 0.5) is 5.95 Å². The van der Waals surface area contributed by atoms with Gasteiger partial charge in [0, 0.05) is 11.1 Å². The number of methoxy groups -OCH3 is 3. The first-order valence-electron chi connectivity index (χ1n) is 7.53. The van der Waals surface area contributed by atoms with Crippen LogP contribution >= 0.6 is 11.6 Å². The van der Waals surface area contributed by atoms with Gasteiger partial charge in [-0.3, -0.25) is 10.2 Å². The predicted octanol–water partition coefficient (Wildman–Crippen LogP) is 2.35. The number of nitrogens with zero attached hydrogens (tertiary/aromatic N) is 2. The molecule has 1 aromatic heterocycles. The molecule has 0 atom stereocenters. The van der Waals surface area contributed by atoms with Crippen molar-refractivity contribution < 1.29 is 14.2 Å². The molecule has 0 unspecified atom stereocenters. The van der Waals surface area contributed by atoms with Crippen molar-refractivity contribution in [1.82, 2.24) is 9.55 Å². The number of aromatic nitrogens is 2. The van der Waals surface area contributed by atoms with E-state index in [2.05, 4.69) is 10.4 Å². The van der Waals surface area contributed by atoms with E-state index in [-0.39, 0.29) is 11.5 Å². The topological polar surface area (TPSA) is 101 Å². The Morgan fingerprint density at radius 1 is 1.04 bits per heavy atom. The van der Waals surface area contributed by atoms with Crippen LogP contribution in [0, 0.1) is 0 Å². The van der Waals surface area contributed by atoms with Gasteiger partial charge >= 0.3 is 0 Å². The molecule has 0 amide bonds. The van der Waals surface area contributed by atoms with Crippen molar-refractivity contribution in [2.24, 2.45) is 5.84 Å². The van der Waals surface area contributed by atoms with Crippen molar-refractivity contribution in [3.63, 3.8) is 0 Å². The lowest BCUT2D eigenvalue weighted by molar-refractivity contribution is 0.355. The van der Waals surface area contributed by atoms with Crippen molar-refractivity contribution >= 4 is 28.5 Å². The van der Waals surface area contributed by atoms with Gasteiger partial charge in [-0.2, -0.15) is 0 Å². The van der Waals surface area contributed by atoms with Crippen LogP contribution in [0.3, 0.4) is 0 Å². The van der Waals surface area contributed by atoms with Gasteiger partial charge < -0.3 is 14.2 Å². The highest BCUT2D eigenvalue weighted by molar-refractivity contribution is 6.30. The van der Waals surface area contributed by atoms with Gasteiger partial charge in [-0.05, 0) is 24.3 Å². The van der Waals surface area contributed by atoms with Crippen LogP contribution < -0.4 is 31.0 Å². The molecule has 136 valence electrons. The molecule has 0 bridgehead atoms. The minimum atomic E-state index is -0.371. The van der Waals surface area contributed by atoms with Gasteiger partial charge in [0.05, 0.1) is 37.9 Å². The maximum absolute atomic E-state index is 13.2. The molecule has 3 aromatic rings. The lowest BCUT2D eigenvalue weighted by atomic mass is 10.2. The molecule has 0 fully saturated rings. The lowest BCUT2D eigenvalue weighted by Gasteiger charge is -2.16. The highest BCUT2D eigenvalue weighted by Crippen LogP contribution is 2.32. The van der Waals surface area contributed by atoms with Gasteiger partial charge in [0.25, 0.3) is 5.56 Å². The molecule has 0 saturated heterocycles. The van der Waals surface area contributed by atoms with Gasteiger partial charge in [-0.1, -0.05) is 11.6 Å². The predicted molar refractivity (Wildman–Crippen MR) is 99.8 cm³/mol. The van der Waals surface area contributed by atoms with E-state index < -0.39 is 0 Å². The number of hydrogen-bond donors (Lipinski definition) is 2. The zero-order chi connectivity index (χ0) is 18.8. The second-order valence-electron chi connectivity index (χ2n) is 5.26. The van der Waals surface area contributed by atoms with Crippen LogP contribution in [0.2, 0.25) is 5.02 Å². The summed E-state index contributed by atoms with van der Waals surface area (Å²) in [6.45, 7) is 0. The van der Waals surface area contributed by atoms with Gasteiger partial charge in [0.15, 0.2) is 11.5 Å². The Balaban J connectivity index is 2.41. The van der Waals surface area contributed by atoms with E-state index in [0.717, 1.165) is 0 Å². The Morgan fingerprint density at radius 3 is 2.31 bits per heavy atom. The molecule has 0 aliphatic heterocycles. The number of fused-ring (bicyclic) bond motifs is 1. The summed E-state index contributed by atoms with van der Waals surface area (Å²) in [5, 5.41) is 0.756. The summed E-state index contributed by atoms with van der Waals surface area (Å²) in [5.41, 5.74) is 2.88. The largest absolute Gasteiger partial charge is 0.495 e. The summed E-state index contributed by atoms with van der Waals surface area (Å²) in [4.78, 5) is 17.6. The molecule has 26 heavy (non-hydrogen) atoms. The number of benzene rings is 2. The molecule has 8 nitrogen and oxygen atoms in total. The minimum absolute atomic E-state index is 0.121. The van der Waals surface area contributed by atoms with E-state index in [1.807, 2.05) is 0 Å². The summed E-state index contributed by atoms with van der Waals surface area (Å²) in [6.07, 6.45) is 0. The Labute approximate surface area is 154 Å². The van der Waals surface area contributed by atoms with E-state index in [1.54, 1.807) is 30.3 Å². The van der Waals surface area contributed by atoms with E-state index in [4.69, 9.17) is 31.7 Å². The van der Waals surface area contributed by atoms with Gasteiger partial charge in [0.2, 0.25) is 5.95 Å². The number of hydrazine groups is 1. The molecule has 0 aliphatic carbocycles. The third-order valence-electron chi connectivity index (χ3n) is 3.88. The zero-order valence-corrected chi connectivity index (χ0v) is 15.1. The highest BCUT2D eigenvalue weighted by Gasteiger charge is 2.18. The average molecular weight is 377 g/mol. The third-order valence-corrected chi connectivity index (χ3v) is 4.12. The molecule has 0 spiro atoms. The molecule has 1 heterocycles. The number of nitrogens with two attached hydrogens (primary N) is 1. The second-order valence-corrected chi connectivity index (χ2v) is 5.70. The number of nitrogen functional groups attached to an aromatic ring is 1. The summed E-state index contributed by atoms with van der Waals surface area (Å²) >= 11 is 6.10. The van der Waals surface area contributed by atoms with Crippen molar-refractivity contribution in [1.29, 1.82) is 0 Å². The number of hydrogen-bond acceptors (Lipinski definition) is 7. The zero-order valence-electron chi connectivity index (χ0n) is 14.4. The van der Waals surface area contributed by atoms with Crippen molar-refractivity contribution in [2.45, 2.75) is 0 Å². The molecule has 0 saturated carbocycles. The normalized spacial score (nSPS) is 10.7. The summed E-state index contributed by atoms with van der Waals surface area (Å²) in [6, 6.07) is 8.08. The number of nitrogens with one attached hydrogen (secondary N) is 1. The fraction of sp³-hybridized carbons (Fsp3) is 0.176. The molecular formula is C17H17ClN4O4. The smallest absolute Gasteiger partial charge is 0.267 e. The lowest BCUT2D eigenvalue weighted by Crippen LogP contribution is -2.26. The van der Waals surface area contributed by atoms with Gasteiger partial charge in [-0.15, -0.1) is 0 Å². The first kappa shape index (κ1) is 17.8. The minimum Gasteiger partial charge on any atom is -0.495 e. The van der Waals surface area contributed by atoms with Crippen LogP contribution in [0.5, 0.6) is 17.2 Å². The Kier molecular flexibility index (Phi) is 4.88. The standard InChI is InChI=1S/C17H17ClN4O4/c1-24-13-5-4-9(18)6-12(13)22-16(23)10-7-14(25-2)15(26-3)8-11(10)20-17(22)21-19/h4-8H,19H2,1-3H3,(H,20,21). The van der Waals surface area contributed by atoms with E-state index in [0.29, 0.717) is 38.9 Å². The van der Waals surface area contributed by atoms with E-state index in [9.17, 15) is 4.79 Å². The molecule has 3 rings (SSSR count). The molecule has 2 aromatic carbocycles. The highest BCUT2D eigenvalue weighted by atomic mass is 35.5. The van der Waals surface area contributed by atoms with Crippen molar-refractivity contribution in [2.75, 3.05) is 26.8 Å². The maximum atomic E-state index is 13.2. The second kappa shape index (κ2) is 7.11. The third kappa shape index (κ3) is 2.89. The fourth-order valence-electron chi connectivity index (χ4n) is 2.67. The molecular weight excluding hydrogens is 360 g/mol. The van der Waals surface area contributed by atoms with Gasteiger partial charge in [0.1, 0.15) is 5.75 Å². The van der Waals surface area contributed by atoms with Crippen LogP contribution in [0.1, 0.15) is 0 Å². The molecule has 0 aliphatic rings. The fourth-order valence-corrected chi connectivity index (χ4v) is 2.84. The Morgan fingerprint density at radius 2 is 1.69 bits per heavy atom. The number of halogens is 1. The number of anilines is 1. The maximum Gasteiger partial charge on any atom is 0.267 e. The monoisotopic (exact) mass is 376 g/mol. The summed E-state index contributed by atoms with van der Waals surface area (Å²) in [7, 11) is 4.49. The first-order chi connectivity index (χ1) is 12.5.